The number of hydrogen-bond acceptors (Lipinski definition) is 3. The molecule has 0 atom stereocenters. The van der Waals surface area contributed by atoms with Gasteiger partial charge in [-0.05, 0) is 43.9 Å². The third-order valence-electron chi connectivity index (χ3n) is 3.12. The van der Waals surface area contributed by atoms with E-state index in [1.165, 1.54) is 25.0 Å². The molecule has 0 heterocycles. The van der Waals surface area contributed by atoms with Crippen LogP contribution in [0.15, 0.2) is 18.2 Å². The summed E-state index contributed by atoms with van der Waals surface area (Å²) < 4.78 is 18.9. The molecule has 4 heteroatoms. The van der Waals surface area contributed by atoms with E-state index in [4.69, 9.17) is 10.00 Å². The Kier molecular flexibility index (Phi) is 5.17. The van der Waals surface area contributed by atoms with Crippen molar-refractivity contribution in [1.82, 2.24) is 5.32 Å². The predicted octanol–water partition coefficient (Wildman–Crippen LogP) is 3.15. The van der Waals surface area contributed by atoms with Gasteiger partial charge in [-0.25, -0.2) is 4.39 Å². The van der Waals surface area contributed by atoms with E-state index in [0.717, 1.165) is 24.2 Å². The van der Waals surface area contributed by atoms with Crippen LogP contribution in [0.3, 0.4) is 0 Å². The number of unbranched alkanes of at least 4 members (excludes halogenated alkanes) is 2. The maximum absolute atomic E-state index is 13.3. The molecule has 0 unspecified atom stereocenters. The van der Waals surface area contributed by atoms with E-state index in [0.29, 0.717) is 25.6 Å². The highest BCUT2D eigenvalue weighted by molar-refractivity contribution is 5.34. The van der Waals surface area contributed by atoms with Crippen LogP contribution >= 0.6 is 0 Å². The molecule has 0 saturated heterocycles. The number of nitrogens with one attached hydrogen (secondary N) is 1. The van der Waals surface area contributed by atoms with Crippen LogP contribution in [0.4, 0.5) is 4.39 Å². The van der Waals surface area contributed by atoms with Crippen molar-refractivity contribution in [2.75, 3.05) is 6.61 Å². The van der Waals surface area contributed by atoms with Crippen molar-refractivity contribution in [2.45, 2.75) is 44.7 Å². The van der Waals surface area contributed by atoms with Gasteiger partial charge in [0.15, 0.2) is 0 Å². The van der Waals surface area contributed by atoms with Crippen molar-refractivity contribution in [3.8, 4) is 11.8 Å². The standard InChI is InChI=1S/C15H19FN2O/c16-13-4-7-15(19-9-3-1-2-8-17)12(10-13)11-18-14-5-6-14/h4,7,10,14,18H,1-3,5-6,9,11H2. The topological polar surface area (TPSA) is 45.0 Å². The van der Waals surface area contributed by atoms with Crippen LogP contribution in [0.25, 0.3) is 0 Å². The first-order valence-corrected chi connectivity index (χ1v) is 6.81. The summed E-state index contributed by atoms with van der Waals surface area (Å²) in [6.45, 7) is 1.22. The maximum Gasteiger partial charge on any atom is 0.123 e. The molecule has 1 aromatic rings. The second kappa shape index (κ2) is 7.10. The molecule has 2 rings (SSSR count). The van der Waals surface area contributed by atoms with Gasteiger partial charge >= 0.3 is 0 Å². The smallest absolute Gasteiger partial charge is 0.123 e. The van der Waals surface area contributed by atoms with Gasteiger partial charge in [-0.1, -0.05) is 0 Å². The Morgan fingerprint density at radius 3 is 2.95 bits per heavy atom. The molecule has 102 valence electrons. The maximum atomic E-state index is 13.3. The first-order chi connectivity index (χ1) is 9.29. The van der Waals surface area contributed by atoms with Gasteiger partial charge in [0.1, 0.15) is 11.6 Å². The predicted molar refractivity (Wildman–Crippen MR) is 71.2 cm³/mol. The van der Waals surface area contributed by atoms with Crippen LogP contribution < -0.4 is 10.1 Å². The first kappa shape index (κ1) is 13.8. The molecule has 1 fully saturated rings. The lowest BCUT2D eigenvalue weighted by molar-refractivity contribution is 0.303. The van der Waals surface area contributed by atoms with Gasteiger partial charge in [-0.2, -0.15) is 5.26 Å². The van der Waals surface area contributed by atoms with Crippen molar-refractivity contribution in [1.29, 1.82) is 5.26 Å². The molecule has 1 N–H and O–H groups in total. The minimum absolute atomic E-state index is 0.232. The molecule has 0 aromatic heterocycles. The molecule has 0 aliphatic heterocycles. The van der Waals surface area contributed by atoms with Crippen LogP contribution in [0.2, 0.25) is 0 Å². The zero-order chi connectivity index (χ0) is 13.5. The molecule has 1 aliphatic rings. The Morgan fingerprint density at radius 2 is 2.21 bits per heavy atom. The average molecular weight is 262 g/mol. The molecule has 0 bridgehead atoms. The fourth-order valence-electron chi connectivity index (χ4n) is 1.86. The molecule has 3 nitrogen and oxygen atoms in total. The van der Waals surface area contributed by atoms with Crippen LogP contribution in [-0.2, 0) is 6.54 Å². The van der Waals surface area contributed by atoms with Crippen molar-refractivity contribution in [2.24, 2.45) is 0 Å². The monoisotopic (exact) mass is 262 g/mol. The molecular weight excluding hydrogens is 243 g/mol. The Balaban J connectivity index is 1.84. The van der Waals surface area contributed by atoms with Crippen molar-refractivity contribution in [3.05, 3.63) is 29.6 Å². The summed E-state index contributed by atoms with van der Waals surface area (Å²) in [5.74, 6) is 0.510. The van der Waals surface area contributed by atoms with E-state index in [-0.39, 0.29) is 5.82 Å². The number of benzene rings is 1. The van der Waals surface area contributed by atoms with E-state index >= 15 is 0 Å². The Morgan fingerprint density at radius 1 is 1.37 bits per heavy atom. The van der Waals surface area contributed by atoms with Crippen LogP contribution in [0, 0.1) is 17.1 Å². The van der Waals surface area contributed by atoms with E-state index in [1.54, 1.807) is 6.07 Å². The number of hydrogen-bond donors (Lipinski definition) is 1. The minimum Gasteiger partial charge on any atom is -0.493 e. The minimum atomic E-state index is -0.232. The lowest BCUT2D eigenvalue weighted by Gasteiger charge is -2.12. The molecule has 0 radical (unpaired) electrons. The van der Waals surface area contributed by atoms with Gasteiger partial charge in [0.05, 0.1) is 12.7 Å². The van der Waals surface area contributed by atoms with Crippen molar-refractivity contribution in [3.63, 3.8) is 0 Å². The summed E-state index contributed by atoms with van der Waals surface area (Å²) in [5, 5.41) is 11.8. The second-order valence-corrected chi connectivity index (χ2v) is 4.87. The zero-order valence-electron chi connectivity index (χ0n) is 11.0. The summed E-state index contributed by atoms with van der Waals surface area (Å²) in [5.41, 5.74) is 0.868. The van der Waals surface area contributed by atoms with Crippen LogP contribution in [0.5, 0.6) is 5.75 Å². The van der Waals surface area contributed by atoms with Gasteiger partial charge < -0.3 is 10.1 Å². The highest BCUT2D eigenvalue weighted by Crippen LogP contribution is 2.23. The first-order valence-electron chi connectivity index (χ1n) is 6.81. The van der Waals surface area contributed by atoms with E-state index < -0.39 is 0 Å². The van der Waals surface area contributed by atoms with E-state index in [2.05, 4.69) is 11.4 Å². The van der Waals surface area contributed by atoms with Crippen molar-refractivity contribution < 1.29 is 9.13 Å². The molecule has 1 aliphatic carbocycles. The highest BCUT2D eigenvalue weighted by Gasteiger charge is 2.20. The van der Waals surface area contributed by atoms with Gasteiger partial charge in [0.25, 0.3) is 0 Å². The SMILES string of the molecule is N#CCCCCOc1ccc(F)cc1CNC1CC1. The number of halogens is 1. The summed E-state index contributed by atoms with van der Waals surface area (Å²) in [6, 6.07) is 7.33. The summed E-state index contributed by atoms with van der Waals surface area (Å²) in [4.78, 5) is 0. The lowest BCUT2D eigenvalue weighted by Crippen LogP contribution is -2.16. The largest absolute Gasteiger partial charge is 0.493 e. The molecule has 0 spiro atoms. The molecular formula is C15H19FN2O. The van der Waals surface area contributed by atoms with Gasteiger partial charge in [-0.15, -0.1) is 0 Å². The third kappa shape index (κ3) is 4.88. The van der Waals surface area contributed by atoms with Crippen LogP contribution in [0.1, 0.15) is 37.7 Å². The number of nitriles is 1. The van der Waals surface area contributed by atoms with Crippen LogP contribution in [-0.4, -0.2) is 12.6 Å². The second-order valence-electron chi connectivity index (χ2n) is 4.87. The molecule has 0 amide bonds. The van der Waals surface area contributed by atoms with Gasteiger partial charge in [0.2, 0.25) is 0 Å². The van der Waals surface area contributed by atoms with Gasteiger partial charge in [0, 0.05) is 24.6 Å². The summed E-state index contributed by atoms with van der Waals surface area (Å²) >= 11 is 0. The Hall–Kier alpha value is -1.60. The third-order valence-corrected chi connectivity index (χ3v) is 3.12. The number of ether oxygens (including phenoxy) is 1. The molecule has 19 heavy (non-hydrogen) atoms. The highest BCUT2D eigenvalue weighted by atomic mass is 19.1. The fraction of sp³-hybridized carbons (Fsp3) is 0.533. The Bertz CT molecular complexity index is 452. The summed E-state index contributed by atoms with van der Waals surface area (Å²) in [7, 11) is 0. The lowest BCUT2D eigenvalue weighted by atomic mass is 10.2. The fourth-order valence-corrected chi connectivity index (χ4v) is 1.86. The quantitative estimate of drug-likeness (QED) is 0.732. The normalized spacial score (nSPS) is 14.1. The molecule has 1 saturated carbocycles. The molecule has 1 aromatic carbocycles. The average Bonchev–Trinajstić information content (AvgIpc) is 3.22. The number of nitrogens with zero attached hydrogens (tertiary/aromatic N) is 1. The van der Waals surface area contributed by atoms with Crippen molar-refractivity contribution >= 4 is 0 Å². The summed E-state index contributed by atoms with van der Waals surface area (Å²) in [6.07, 6.45) is 4.66. The Labute approximate surface area is 113 Å². The van der Waals surface area contributed by atoms with Gasteiger partial charge in [-0.3, -0.25) is 0 Å². The zero-order valence-corrected chi connectivity index (χ0v) is 11.0. The number of rotatable bonds is 8. The van der Waals surface area contributed by atoms with E-state index in [1.807, 2.05) is 0 Å². The van der Waals surface area contributed by atoms with E-state index in [9.17, 15) is 4.39 Å².